The molecule has 1 N–H and O–H groups in total. The number of nitrogens with one attached hydrogen (secondary N) is 1. The summed E-state index contributed by atoms with van der Waals surface area (Å²) >= 11 is 3.14. The van der Waals surface area contributed by atoms with Gasteiger partial charge in [-0.25, -0.2) is 4.98 Å². The van der Waals surface area contributed by atoms with E-state index in [0.29, 0.717) is 10.5 Å². The number of hydrogen-bond acceptors (Lipinski definition) is 4. The summed E-state index contributed by atoms with van der Waals surface area (Å²) in [5.41, 5.74) is 6.21. The van der Waals surface area contributed by atoms with Crippen LogP contribution in [0.25, 0.3) is 32.1 Å². The molecule has 0 spiro atoms. The van der Waals surface area contributed by atoms with Gasteiger partial charge in [0.2, 0.25) is 0 Å². The molecule has 0 saturated carbocycles. The number of rotatable bonds is 4. The van der Waals surface area contributed by atoms with Crippen molar-refractivity contribution in [2.24, 2.45) is 0 Å². The van der Waals surface area contributed by atoms with E-state index in [1.165, 1.54) is 46.7 Å². The summed E-state index contributed by atoms with van der Waals surface area (Å²) in [5.74, 6) is 0.763. The molecule has 2 aromatic heterocycles. The van der Waals surface area contributed by atoms with Gasteiger partial charge in [0.1, 0.15) is 4.83 Å². The van der Waals surface area contributed by atoms with Gasteiger partial charge in [-0.15, -0.1) is 11.3 Å². The molecule has 0 aliphatic heterocycles. The molecule has 158 valence electrons. The first-order chi connectivity index (χ1) is 15.8. The SMILES string of the molecule is O=c1[nH]c(SCc2cccc3ccccc23)nc2scc(-c3ccc4c(c3)CCCC4)c12. The maximum atomic E-state index is 13.1. The Kier molecular flexibility index (Phi) is 5.08. The largest absolute Gasteiger partial charge is 0.301 e. The van der Waals surface area contributed by atoms with Crippen LogP contribution in [0.4, 0.5) is 0 Å². The van der Waals surface area contributed by atoms with Gasteiger partial charge in [-0.05, 0) is 58.7 Å². The molecule has 0 fully saturated rings. The first-order valence-electron chi connectivity index (χ1n) is 11.0. The topological polar surface area (TPSA) is 45.8 Å². The number of aromatic nitrogens is 2. The molecule has 3 nitrogen and oxygen atoms in total. The summed E-state index contributed by atoms with van der Waals surface area (Å²) in [6, 6.07) is 21.4. The van der Waals surface area contributed by atoms with Crippen molar-refractivity contribution >= 4 is 44.1 Å². The zero-order valence-electron chi connectivity index (χ0n) is 17.6. The Morgan fingerprint density at radius 2 is 1.81 bits per heavy atom. The van der Waals surface area contributed by atoms with Gasteiger partial charge >= 0.3 is 0 Å². The average Bonchev–Trinajstić information content (AvgIpc) is 3.27. The van der Waals surface area contributed by atoms with Crippen molar-refractivity contribution in [3.8, 4) is 11.1 Å². The van der Waals surface area contributed by atoms with E-state index in [2.05, 4.69) is 71.0 Å². The number of aromatic amines is 1. The fourth-order valence-corrected chi connectivity index (χ4v) is 6.55. The van der Waals surface area contributed by atoms with E-state index >= 15 is 0 Å². The van der Waals surface area contributed by atoms with E-state index in [-0.39, 0.29) is 5.56 Å². The lowest BCUT2D eigenvalue weighted by molar-refractivity contribution is 0.686. The molecule has 6 rings (SSSR count). The van der Waals surface area contributed by atoms with Gasteiger partial charge in [0.25, 0.3) is 5.56 Å². The lowest BCUT2D eigenvalue weighted by atomic mass is 9.89. The normalized spacial score (nSPS) is 13.5. The fraction of sp³-hybridized carbons (Fsp3) is 0.185. The summed E-state index contributed by atoms with van der Waals surface area (Å²) in [4.78, 5) is 21.7. The minimum atomic E-state index is -0.0515. The highest BCUT2D eigenvalue weighted by Crippen LogP contribution is 2.34. The van der Waals surface area contributed by atoms with Crippen LogP contribution in [0.5, 0.6) is 0 Å². The molecule has 3 aromatic carbocycles. The van der Waals surface area contributed by atoms with Crippen molar-refractivity contribution in [1.82, 2.24) is 9.97 Å². The number of H-pyrrole nitrogens is 1. The number of benzene rings is 3. The minimum Gasteiger partial charge on any atom is -0.301 e. The third kappa shape index (κ3) is 3.55. The van der Waals surface area contributed by atoms with Crippen molar-refractivity contribution < 1.29 is 0 Å². The Labute approximate surface area is 194 Å². The molecule has 0 unspecified atom stereocenters. The van der Waals surface area contributed by atoms with Crippen LogP contribution in [0, 0.1) is 0 Å². The van der Waals surface area contributed by atoms with E-state index in [1.807, 2.05) is 0 Å². The molecule has 1 aliphatic carbocycles. The predicted octanol–water partition coefficient (Wildman–Crippen LogP) is 6.98. The smallest absolute Gasteiger partial charge is 0.260 e. The zero-order chi connectivity index (χ0) is 21.5. The highest BCUT2D eigenvalue weighted by molar-refractivity contribution is 7.98. The molecule has 0 atom stereocenters. The maximum Gasteiger partial charge on any atom is 0.260 e. The molecule has 32 heavy (non-hydrogen) atoms. The van der Waals surface area contributed by atoms with E-state index in [4.69, 9.17) is 4.98 Å². The number of hydrogen-bond donors (Lipinski definition) is 1. The standard InChI is InChI=1S/C27H22N2OS2/c30-25-24-23(20-13-12-17-6-1-2-8-19(17)14-20)16-31-26(24)29-27(28-25)32-15-21-10-5-9-18-7-3-4-11-22(18)21/h3-5,7,9-14,16H,1-2,6,8,15H2,(H,28,29,30). The third-order valence-electron chi connectivity index (χ3n) is 6.33. The van der Waals surface area contributed by atoms with Crippen molar-refractivity contribution in [2.45, 2.75) is 36.6 Å². The first kappa shape index (κ1) is 19.8. The van der Waals surface area contributed by atoms with Gasteiger partial charge in [0, 0.05) is 16.7 Å². The number of aryl methyl sites for hydroxylation is 2. The molecule has 0 radical (unpaired) electrons. The van der Waals surface area contributed by atoms with Crippen LogP contribution in [0.2, 0.25) is 0 Å². The molecule has 1 aliphatic rings. The second kappa shape index (κ2) is 8.23. The molecular formula is C27H22N2OS2. The third-order valence-corrected chi connectivity index (χ3v) is 8.12. The van der Waals surface area contributed by atoms with E-state index in [0.717, 1.165) is 28.1 Å². The van der Waals surface area contributed by atoms with Crippen LogP contribution in [-0.4, -0.2) is 9.97 Å². The average molecular weight is 455 g/mol. The lowest BCUT2D eigenvalue weighted by Gasteiger charge is -2.16. The molecule has 2 heterocycles. The minimum absolute atomic E-state index is 0.0515. The molecule has 0 saturated heterocycles. The number of thiophene rings is 1. The van der Waals surface area contributed by atoms with Crippen LogP contribution in [0.3, 0.4) is 0 Å². The lowest BCUT2D eigenvalue weighted by Crippen LogP contribution is -2.09. The van der Waals surface area contributed by atoms with Gasteiger partial charge in [-0.2, -0.15) is 0 Å². The van der Waals surface area contributed by atoms with Gasteiger partial charge < -0.3 is 4.98 Å². The zero-order valence-corrected chi connectivity index (χ0v) is 19.2. The summed E-state index contributed by atoms with van der Waals surface area (Å²) in [5, 5.41) is 5.94. The van der Waals surface area contributed by atoms with E-state index in [1.54, 1.807) is 23.1 Å². The summed E-state index contributed by atoms with van der Waals surface area (Å²) < 4.78 is 0. The van der Waals surface area contributed by atoms with Crippen molar-refractivity contribution in [2.75, 3.05) is 0 Å². The monoisotopic (exact) mass is 454 g/mol. The van der Waals surface area contributed by atoms with Crippen LogP contribution < -0.4 is 5.56 Å². The Balaban J connectivity index is 1.32. The molecular weight excluding hydrogens is 432 g/mol. The molecule has 0 bridgehead atoms. The summed E-state index contributed by atoms with van der Waals surface area (Å²) in [7, 11) is 0. The van der Waals surface area contributed by atoms with E-state index < -0.39 is 0 Å². The van der Waals surface area contributed by atoms with Crippen LogP contribution in [-0.2, 0) is 18.6 Å². The molecule has 5 aromatic rings. The van der Waals surface area contributed by atoms with Gasteiger partial charge in [0.15, 0.2) is 5.16 Å². The Bertz CT molecular complexity index is 1510. The number of thioether (sulfide) groups is 1. The molecule has 5 heteroatoms. The van der Waals surface area contributed by atoms with Gasteiger partial charge in [0.05, 0.1) is 5.39 Å². The van der Waals surface area contributed by atoms with Crippen LogP contribution >= 0.6 is 23.1 Å². The van der Waals surface area contributed by atoms with Crippen LogP contribution in [0.1, 0.15) is 29.5 Å². The predicted molar refractivity (Wildman–Crippen MR) is 136 cm³/mol. The maximum absolute atomic E-state index is 13.1. The second-order valence-corrected chi connectivity index (χ2v) is 10.1. The molecule has 0 amide bonds. The highest BCUT2D eigenvalue weighted by Gasteiger charge is 2.16. The Morgan fingerprint density at radius 1 is 0.969 bits per heavy atom. The fourth-order valence-electron chi connectivity index (χ4n) is 4.68. The highest BCUT2D eigenvalue weighted by atomic mass is 32.2. The van der Waals surface area contributed by atoms with Crippen molar-refractivity contribution in [3.63, 3.8) is 0 Å². The first-order valence-corrected chi connectivity index (χ1v) is 12.9. The summed E-state index contributed by atoms with van der Waals surface area (Å²) in [6.45, 7) is 0. The quantitative estimate of drug-likeness (QED) is 0.235. The second-order valence-electron chi connectivity index (χ2n) is 8.32. The number of nitrogens with zero attached hydrogens (tertiary/aromatic N) is 1. The summed E-state index contributed by atoms with van der Waals surface area (Å²) in [6.07, 6.45) is 4.82. The van der Waals surface area contributed by atoms with Crippen molar-refractivity contribution in [3.05, 3.63) is 93.1 Å². The van der Waals surface area contributed by atoms with E-state index in [9.17, 15) is 4.79 Å². The van der Waals surface area contributed by atoms with Gasteiger partial charge in [-0.3, -0.25) is 4.79 Å². The number of fused-ring (bicyclic) bond motifs is 3. The van der Waals surface area contributed by atoms with Gasteiger partial charge in [-0.1, -0.05) is 72.4 Å². The van der Waals surface area contributed by atoms with Crippen LogP contribution in [0.15, 0.2) is 76.0 Å². The van der Waals surface area contributed by atoms with Crippen molar-refractivity contribution in [1.29, 1.82) is 0 Å². The Hall–Kier alpha value is -2.89. The Morgan fingerprint density at radius 3 is 2.75 bits per heavy atom.